The highest BCUT2D eigenvalue weighted by molar-refractivity contribution is 6.09. The van der Waals surface area contributed by atoms with Gasteiger partial charge in [0.05, 0.1) is 28.4 Å². The normalized spacial score (nSPS) is 19.0. The topological polar surface area (TPSA) is 115 Å². The zero-order valence-corrected chi connectivity index (χ0v) is 17.9. The molecule has 1 atom stereocenters. The van der Waals surface area contributed by atoms with Crippen LogP contribution in [-0.4, -0.2) is 36.5 Å². The van der Waals surface area contributed by atoms with Gasteiger partial charge in [0.2, 0.25) is 11.8 Å². The van der Waals surface area contributed by atoms with E-state index in [4.69, 9.17) is 0 Å². The average molecular weight is 461 g/mol. The first-order valence-corrected chi connectivity index (χ1v) is 10.6. The van der Waals surface area contributed by atoms with Crippen LogP contribution in [0, 0.1) is 11.6 Å². The molecule has 2 aliphatic heterocycles. The Morgan fingerprint density at radius 3 is 2.68 bits per heavy atom. The third-order valence-electron chi connectivity index (χ3n) is 6.35. The Morgan fingerprint density at radius 1 is 1.12 bits per heavy atom. The van der Waals surface area contributed by atoms with Crippen LogP contribution in [0.15, 0.2) is 36.5 Å². The van der Waals surface area contributed by atoms with E-state index in [-0.39, 0.29) is 47.8 Å². The summed E-state index contributed by atoms with van der Waals surface area (Å²) in [4.78, 5) is 38.2. The molecule has 0 fully saturated rings. The molecule has 2 N–H and O–H groups in total. The van der Waals surface area contributed by atoms with Gasteiger partial charge < -0.3 is 10.6 Å². The Balaban J connectivity index is 1.55. The van der Waals surface area contributed by atoms with E-state index in [2.05, 4.69) is 30.7 Å². The first kappa shape index (κ1) is 20.3. The van der Waals surface area contributed by atoms with E-state index in [1.807, 2.05) is 0 Å². The lowest BCUT2D eigenvalue weighted by Crippen LogP contribution is -2.30. The van der Waals surface area contributed by atoms with Crippen LogP contribution in [0.3, 0.4) is 0 Å². The van der Waals surface area contributed by atoms with Crippen LogP contribution in [0.1, 0.15) is 36.6 Å². The number of aromatic nitrogens is 5. The Labute approximate surface area is 191 Å². The quantitative estimate of drug-likeness (QED) is 0.485. The number of pyridine rings is 1. The molecule has 5 heterocycles. The van der Waals surface area contributed by atoms with Crippen LogP contribution in [0.25, 0.3) is 17.0 Å². The molecule has 6 rings (SSSR count). The van der Waals surface area contributed by atoms with Gasteiger partial charge in [-0.05, 0) is 25.0 Å². The number of hydrogen-bond donors (Lipinski definition) is 2. The van der Waals surface area contributed by atoms with Gasteiger partial charge in [0.1, 0.15) is 28.8 Å². The molecule has 170 valence electrons. The number of hydrogen-bond acceptors (Lipinski definition) is 6. The highest BCUT2D eigenvalue weighted by Crippen LogP contribution is 2.45. The monoisotopic (exact) mass is 461 g/mol. The zero-order valence-electron chi connectivity index (χ0n) is 17.9. The molecule has 2 amide bonds. The number of nitrogens with zero attached hydrogens (tertiary/aromatic N) is 5. The molecular formula is C23H17F2N7O2. The summed E-state index contributed by atoms with van der Waals surface area (Å²) in [6.45, 7) is 1.75. The van der Waals surface area contributed by atoms with Crippen molar-refractivity contribution in [2.45, 2.75) is 31.6 Å². The smallest absolute Gasteiger partial charge is 0.255 e. The largest absolute Gasteiger partial charge is 0.310 e. The van der Waals surface area contributed by atoms with Gasteiger partial charge in [-0.1, -0.05) is 18.2 Å². The number of halogens is 2. The van der Waals surface area contributed by atoms with Crippen molar-refractivity contribution in [2.24, 2.45) is 0 Å². The molecule has 2 aliphatic rings. The van der Waals surface area contributed by atoms with Crippen molar-refractivity contribution < 1.29 is 18.4 Å². The third kappa shape index (κ3) is 2.96. The molecule has 34 heavy (non-hydrogen) atoms. The van der Waals surface area contributed by atoms with Crippen molar-refractivity contribution in [3.63, 3.8) is 0 Å². The number of nitrogens with one attached hydrogen (secondary N) is 2. The minimum absolute atomic E-state index is 0.0117. The molecule has 0 aliphatic carbocycles. The summed E-state index contributed by atoms with van der Waals surface area (Å²) in [6.07, 6.45) is 1.64. The van der Waals surface area contributed by atoms with Crippen molar-refractivity contribution >= 4 is 34.5 Å². The van der Waals surface area contributed by atoms with Gasteiger partial charge in [0.25, 0.3) is 5.95 Å². The average Bonchev–Trinajstić information content (AvgIpc) is 3.23. The number of amides is 2. The van der Waals surface area contributed by atoms with Crippen LogP contribution in [-0.2, 0) is 21.4 Å². The fourth-order valence-electron chi connectivity index (χ4n) is 4.53. The van der Waals surface area contributed by atoms with Crippen molar-refractivity contribution in [3.05, 3.63) is 65.0 Å². The SMILES string of the molecule is CC12CCC(=O)Nc3nc(-n4nc(Cc5ccccc5F)c5ncc(F)cc54)nc(c31)NC2=O. The molecule has 0 radical (unpaired) electrons. The fraction of sp³-hybridized carbons (Fsp3) is 0.217. The van der Waals surface area contributed by atoms with E-state index >= 15 is 0 Å². The molecule has 11 heteroatoms. The number of carbonyl (C=O) groups is 2. The van der Waals surface area contributed by atoms with E-state index in [0.29, 0.717) is 28.8 Å². The summed E-state index contributed by atoms with van der Waals surface area (Å²) in [5.74, 6) is -1.06. The maximum atomic E-state index is 14.3. The second-order valence-electron chi connectivity index (χ2n) is 8.58. The van der Waals surface area contributed by atoms with E-state index in [1.165, 1.54) is 16.8 Å². The number of anilines is 2. The number of benzene rings is 1. The van der Waals surface area contributed by atoms with Gasteiger partial charge >= 0.3 is 0 Å². The predicted octanol–water partition coefficient (Wildman–Crippen LogP) is 3.02. The second-order valence-corrected chi connectivity index (χ2v) is 8.58. The molecule has 1 aromatic carbocycles. The number of rotatable bonds is 3. The summed E-state index contributed by atoms with van der Waals surface area (Å²) in [7, 11) is 0. The lowest BCUT2D eigenvalue weighted by molar-refractivity contribution is -0.121. The van der Waals surface area contributed by atoms with E-state index in [9.17, 15) is 18.4 Å². The van der Waals surface area contributed by atoms with Gasteiger partial charge in [0.15, 0.2) is 0 Å². The molecule has 0 spiro atoms. The molecule has 0 saturated carbocycles. The number of carbonyl (C=O) groups excluding carboxylic acids is 2. The third-order valence-corrected chi connectivity index (χ3v) is 6.35. The van der Waals surface area contributed by atoms with E-state index in [0.717, 1.165) is 6.20 Å². The first-order chi connectivity index (χ1) is 16.3. The van der Waals surface area contributed by atoms with Crippen molar-refractivity contribution in [1.29, 1.82) is 0 Å². The van der Waals surface area contributed by atoms with Crippen LogP contribution in [0.4, 0.5) is 20.4 Å². The van der Waals surface area contributed by atoms with Gasteiger partial charge in [-0.2, -0.15) is 19.7 Å². The number of fused-ring (bicyclic) bond motifs is 1. The molecule has 3 aromatic heterocycles. The van der Waals surface area contributed by atoms with Crippen molar-refractivity contribution in [2.75, 3.05) is 10.6 Å². The van der Waals surface area contributed by atoms with Crippen molar-refractivity contribution in [1.82, 2.24) is 24.7 Å². The van der Waals surface area contributed by atoms with Gasteiger partial charge in [-0.25, -0.2) is 13.8 Å². The molecular weight excluding hydrogens is 444 g/mol. The van der Waals surface area contributed by atoms with Crippen LogP contribution < -0.4 is 10.6 Å². The molecule has 1 unspecified atom stereocenters. The zero-order chi connectivity index (χ0) is 23.6. The molecule has 0 bridgehead atoms. The summed E-state index contributed by atoms with van der Waals surface area (Å²) >= 11 is 0. The Kier molecular flexibility index (Phi) is 4.25. The lowest BCUT2D eigenvalue weighted by atomic mass is 9.81. The molecule has 0 saturated heterocycles. The maximum absolute atomic E-state index is 14.3. The fourth-order valence-corrected chi connectivity index (χ4v) is 4.53. The highest BCUT2D eigenvalue weighted by Gasteiger charge is 2.48. The Bertz CT molecular complexity index is 1530. The van der Waals surface area contributed by atoms with Crippen molar-refractivity contribution in [3.8, 4) is 5.95 Å². The molecule has 4 aromatic rings. The standard InChI is InChI=1S/C23H17F2N7O2/c1-23-7-6-16(33)27-19-17(23)20(28-21(23)34)30-22(29-19)32-15-9-12(24)10-26-18(15)14(31-32)8-11-4-2-3-5-13(11)25/h2-5,9-10H,6-8H2,1H3,(H2,27,28,29,30,33,34). The summed E-state index contributed by atoms with van der Waals surface area (Å²) in [5, 5.41) is 10.0. The Hall–Kier alpha value is -4.28. The predicted molar refractivity (Wildman–Crippen MR) is 117 cm³/mol. The first-order valence-electron chi connectivity index (χ1n) is 10.6. The Morgan fingerprint density at radius 2 is 1.88 bits per heavy atom. The van der Waals surface area contributed by atoms with Crippen LogP contribution in [0.5, 0.6) is 0 Å². The highest BCUT2D eigenvalue weighted by atomic mass is 19.1. The summed E-state index contributed by atoms with van der Waals surface area (Å²) in [6, 6.07) is 7.52. The second kappa shape index (κ2) is 7.11. The minimum atomic E-state index is -0.946. The van der Waals surface area contributed by atoms with Crippen LogP contribution >= 0.6 is 0 Å². The van der Waals surface area contributed by atoms with Gasteiger partial charge in [-0.3, -0.25) is 9.59 Å². The van der Waals surface area contributed by atoms with Crippen LogP contribution in [0.2, 0.25) is 0 Å². The van der Waals surface area contributed by atoms with E-state index < -0.39 is 17.0 Å². The minimum Gasteiger partial charge on any atom is -0.310 e. The summed E-state index contributed by atoms with van der Waals surface area (Å²) in [5.41, 5.74) is 0.991. The molecule has 9 nitrogen and oxygen atoms in total. The van der Waals surface area contributed by atoms with Gasteiger partial charge in [-0.15, -0.1) is 0 Å². The maximum Gasteiger partial charge on any atom is 0.255 e. The van der Waals surface area contributed by atoms with Gasteiger partial charge in [0, 0.05) is 18.9 Å². The van der Waals surface area contributed by atoms with E-state index in [1.54, 1.807) is 25.1 Å². The summed E-state index contributed by atoms with van der Waals surface area (Å²) < 4.78 is 29.7. The lowest BCUT2D eigenvalue weighted by Gasteiger charge is -2.19.